The molecule has 0 saturated carbocycles. The molecule has 3 rings (SSSR count). The number of nitrogens with zero attached hydrogens (tertiary/aromatic N) is 2. The third-order valence-corrected chi connectivity index (χ3v) is 4.61. The van der Waals surface area contributed by atoms with Crippen molar-refractivity contribution in [1.82, 2.24) is 15.2 Å². The van der Waals surface area contributed by atoms with Gasteiger partial charge in [0, 0.05) is 44.5 Å². The fourth-order valence-corrected chi connectivity index (χ4v) is 3.35. The van der Waals surface area contributed by atoms with E-state index in [0.29, 0.717) is 42.4 Å². The van der Waals surface area contributed by atoms with Gasteiger partial charge in [0.1, 0.15) is 0 Å². The Morgan fingerprint density at radius 2 is 2.11 bits per heavy atom. The van der Waals surface area contributed by atoms with Crippen LogP contribution in [0.4, 0.5) is 5.69 Å². The van der Waals surface area contributed by atoms with E-state index in [0.717, 1.165) is 5.56 Å². The van der Waals surface area contributed by atoms with Gasteiger partial charge in [-0.1, -0.05) is 6.07 Å². The van der Waals surface area contributed by atoms with Gasteiger partial charge in [0.2, 0.25) is 5.91 Å². The van der Waals surface area contributed by atoms with Crippen LogP contribution >= 0.6 is 0 Å². The highest BCUT2D eigenvalue weighted by Crippen LogP contribution is 2.37. The smallest absolute Gasteiger partial charge is 0.254 e. The summed E-state index contributed by atoms with van der Waals surface area (Å²) in [5.74, 6) is 0.340. The minimum absolute atomic E-state index is 0.132. The zero-order valence-corrected chi connectivity index (χ0v) is 16.2. The average Bonchev–Trinajstić information content (AvgIpc) is 2.72. The number of aromatic nitrogens is 1. The topological polar surface area (TPSA) is 92.8 Å². The molecule has 1 fully saturated rings. The van der Waals surface area contributed by atoms with E-state index in [4.69, 9.17) is 9.47 Å². The Bertz CT molecular complexity index is 857. The van der Waals surface area contributed by atoms with E-state index < -0.39 is 0 Å². The largest absolute Gasteiger partial charge is 0.493 e. The Morgan fingerprint density at radius 3 is 2.75 bits per heavy atom. The number of nitrogens with one attached hydrogen (secondary N) is 2. The summed E-state index contributed by atoms with van der Waals surface area (Å²) in [4.78, 5) is 30.9. The highest BCUT2D eigenvalue weighted by molar-refractivity contribution is 5.99. The summed E-state index contributed by atoms with van der Waals surface area (Å²) in [5.41, 5.74) is 1.77. The molecule has 2 N–H and O–H groups in total. The Morgan fingerprint density at radius 1 is 1.29 bits per heavy atom. The van der Waals surface area contributed by atoms with Gasteiger partial charge in [-0.15, -0.1) is 0 Å². The van der Waals surface area contributed by atoms with Gasteiger partial charge in [-0.25, -0.2) is 0 Å². The second-order valence-electron chi connectivity index (χ2n) is 6.45. The van der Waals surface area contributed by atoms with E-state index in [-0.39, 0.29) is 17.9 Å². The van der Waals surface area contributed by atoms with E-state index in [1.165, 1.54) is 21.1 Å². The second kappa shape index (κ2) is 8.71. The third kappa shape index (κ3) is 4.07. The molecule has 1 unspecified atom stereocenters. The summed E-state index contributed by atoms with van der Waals surface area (Å²) in [5, 5.41) is 6.03. The van der Waals surface area contributed by atoms with E-state index in [2.05, 4.69) is 15.6 Å². The number of pyridine rings is 1. The lowest BCUT2D eigenvalue weighted by Crippen LogP contribution is -2.48. The molecule has 0 bridgehead atoms. The van der Waals surface area contributed by atoms with Gasteiger partial charge in [0.05, 0.1) is 25.9 Å². The maximum atomic E-state index is 13.4. The molecule has 28 heavy (non-hydrogen) atoms. The van der Waals surface area contributed by atoms with Crippen LogP contribution in [0.3, 0.4) is 0 Å². The van der Waals surface area contributed by atoms with Crippen molar-refractivity contribution < 1.29 is 19.1 Å². The van der Waals surface area contributed by atoms with Gasteiger partial charge >= 0.3 is 0 Å². The molecular weight excluding hydrogens is 360 g/mol. The monoisotopic (exact) mass is 384 g/mol. The van der Waals surface area contributed by atoms with Crippen LogP contribution in [-0.4, -0.2) is 55.6 Å². The predicted molar refractivity (Wildman–Crippen MR) is 105 cm³/mol. The molecule has 2 aromatic rings. The molecule has 1 aliphatic heterocycles. The van der Waals surface area contributed by atoms with Crippen LogP contribution in [0.1, 0.15) is 28.9 Å². The minimum Gasteiger partial charge on any atom is -0.493 e. The predicted octanol–water partition coefficient (Wildman–Crippen LogP) is 1.84. The normalized spacial score (nSPS) is 16.4. The summed E-state index contributed by atoms with van der Waals surface area (Å²) < 4.78 is 10.7. The molecule has 2 heterocycles. The number of benzene rings is 1. The first-order valence-electron chi connectivity index (χ1n) is 9.00. The van der Waals surface area contributed by atoms with Crippen molar-refractivity contribution in [3.8, 4) is 11.5 Å². The van der Waals surface area contributed by atoms with Crippen molar-refractivity contribution >= 4 is 17.5 Å². The van der Waals surface area contributed by atoms with Crippen molar-refractivity contribution in [2.24, 2.45) is 0 Å². The molecule has 1 aliphatic rings. The first kappa shape index (κ1) is 19.6. The van der Waals surface area contributed by atoms with Crippen molar-refractivity contribution in [1.29, 1.82) is 0 Å². The van der Waals surface area contributed by atoms with Gasteiger partial charge in [-0.3, -0.25) is 14.6 Å². The molecule has 0 radical (unpaired) electrons. The Hall–Kier alpha value is -3.13. The molecule has 8 nitrogen and oxygen atoms in total. The number of anilines is 1. The molecular formula is C20H24N4O4. The fraction of sp³-hybridized carbons (Fsp3) is 0.350. The molecule has 0 aliphatic carbocycles. The lowest BCUT2D eigenvalue weighted by atomic mass is 10.0. The van der Waals surface area contributed by atoms with Crippen LogP contribution in [0.15, 0.2) is 36.7 Å². The third-order valence-electron chi connectivity index (χ3n) is 4.61. The number of carbonyl (C=O) groups excluding carboxylic acids is 2. The SMILES string of the molecule is COc1cc(C(=O)N2CCNCC2c2cccnc2)cc(NC(C)=O)c1OC. The van der Waals surface area contributed by atoms with Crippen molar-refractivity contribution in [3.05, 3.63) is 47.8 Å². The van der Waals surface area contributed by atoms with Crippen LogP contribution in [0.5, 0.6) is 11.5 Å². The number of carbonyl (C=O) groups is 2. The lowest BCUT2D eigenvalue weighted by molar-refractivity contribution is -0.114. The highest BCUT2D eigenvalue weighted by atomic mass is 16.5. The molecule has 8 heteroatoms. The molecule has 148 valence electrons. The lowest BCUT2D eigenvalue weighted by Gasteiger charge is -2.36. The van der Waals surface area contributed by atoms with E-state index in [1.54, 1.807) is 24.5 Å². The highest BCUT2D eigenvalue weighted by Gasteiger charge is 2.30. The Labute approximate surface area is 163 Å². The van der Waals surface area contributed by atoms with E-state index >= 15 is 0 Å². The van der Waals surface area contributed by atoms with E-state index in [9.17, 15) is 9.59 Å². The molecule has 1 aromatic heterocycles. The van der Waals surface area contributed by atoms with Gasteiger partial charge < -0.3 is 25.0 Å². The number of hydrogen-bond donors (Lipinski definition) is 2. The number of piperazine rings is 1. The number of hydrogen-bond acceptors (Lipinski definition) is 6. The summed E-state index contributed by atoms with van der Waals surface area (Å²) in [7, 11) is 2.98. The minimum atomic E-state index is -0.264. The maximum Gasteiger partial charge on any atom is 0.254 e. The average molecular weight is 384 g/mol. The van der Waals surface area contributed by atoms with Gasteiger partial charge in [-0.2, -0.15) is 0 Å². The number of methoxy groups -OCH3 is 2. The van der Waals surface area contributed by atoms with E-state index in [1.807, 2.05) is 17.0 Å². The molecule has 2 amide bonds. The van der Waals surface area contributed by atoms with Gasteiger partial charge in [0.15, 0.2) is 11.5 Å². The quantitative estimate of drug-likeness (QED) is 0.817. The molecule has 1 saturated heterocycles. The van der Waals surface area contributed by atoms with Crippen molar-refractivity contribution in [3.63, 3.8) is 0 Å². The standard InChI is InChI=1S/C20H24N4O4/c1-13(25)23-16-9-15(10-18(27-2)19(16)28-3)20(26)24-8-7-22-12-17(24)14-5-4-6-21-11-14/h4-6,9-11,17,22H,7-8,12H2,1-3H3,(H,23,25). The van der Waals surface area contributed by atoms with Crippen LogP contribution in [0.25, 0.3) is 0 Å². The number of amides is 2. The zero-order valence-electron chi connectivity index (χ0n) is 16.2. The number of rotatable bonds is 5. The molecule has 1 aromatic carbocycles. The maximum absolute atomic E-state index is 13.4. The fourth-order valence-electron chi connectivity index (χ4n) is 3.35. The summed E-state index contributed by atoms with van der Waals surface area (Å²) in [6.45, 7) is 3.30. The van der Waals surface area contributed by atoms with Gasteiger partial charge in [-0.05, 0) is 23.8 Å². The second-order valence-corrected chi connectivity index (χ2v) is 6.45. The molecule has 1 atom stereocenters. The van der Waals surface area contributed by atoms with Crippen LogP contribution < -0.4 is 20.1 Å². The summed E-state index contributed by atoms with van der Waals surface area (Å²) in [6, 6.07) is 6.94. The Balaban J connectivity index is 1.99. The number of ether oxygens (including phenoxy) is 2. The van der Waals surface area contributed by atoms with Crippen LogP contribution in [0, 0.1) is 0 Å². The van der Waals surface area contributed by atoms with Crippen LogP contribution in [0.2, 0.25) is 0 Å². The summed E-state index contributed by atoms with van der Waals surface area (Å²) in [6.07, 6.45) is 3.48. The zero-order chi connectivity index (χ0) is 20.1. The summed E-state index contributed by atoms with van der Waals surface area (Å²) >= 11 is 0. The van der Waals surface area contributed by atoms with Crippen molar-refractivity contribution in [2.75, 3.05) is 39.2 Å². The molecule has 0 spiro atoms. The first-order valence-corrected chi connectivity index (χ1v) is 9.00. The Kier molecular flexibility index (Phi) is 6.10. The van der Waals surface area contributed by atoms with Gasteiger partial charge in [0.25, 0.3) is 5.91 Å². The van der Waals surface area contributed by atoms with Crippen molar-refractivity contribution in [2.45, 2.75) is 13.0 Å². The van der Waals surface area contributed by atoms with Crippen LogP contribution in [-0.2, 0) is 4.79 Å². The first-order chi connectivity index (χ1) is 13.5.